The summed E-state index contributed by atoms with van der Waals surface area (Å²) in [6, 6.07) is 7.47. The van der Waals surface area contributed by atoms with Crippen LogP contribution in [0.15, 0.2) is 24.3 Å². The highest BCUT2D eigenvalue weighted by atomic mass is 16.5. The molecule has 1 atom stereocenters. The molecule has 0 saturated heterocycles. The Labute approximate surface area is 157 Å². The maximum Gasteiger partial charge on any atom is 0.339 e. The number of benzene rings is 1. The van der Waals surface area contributed by atoms with Crippen LogP contribution in [0, 0.1) is 5.92 Å². The van der Waals surface area contributed by atoms with Crippen molar-refractivity contribution in [3.63, 3.8) is 0 Å². The number of carbonyl (C=O) groups is 3. The molecule has 3 rings (SSSR count). The number of nitrogens with one attached hydrogen (secondary N) is 2. The van der Waals surface area contributed by atoms with Gasteiger partial charge in [0.15, 0.2) is 6.61 Å². The van der Waals surface area contributed by atoms with Gasteiger partial charge in [-0.05, 0) is 36.8 Å². The van der Waals surface area contributed by atoms with E-state index in [4.69, 9.17) is 9.72 Å². The molecule has 1 aromatic heterocycles. The van der Waals surface area contributed by atoms with Crippen LogP contribution in [0.1, 0.15) is 35.0 Å². The number of rotatable bonds is 5. The molecule has 2 aromatic rings. The monoisotopic (exact) mass is 369 g/mol. The van der Waals surface area contributed by atoms with Crippen molar-refractivity contribution in [3.05, 3.63) is 41.1 Å². The van der Waals surface area contributed by atoms with Crippen molar-refractivity contribution in [2.45, 2.75) is 26.2 Å². The Balaban J connectivity index is 1.82. The van der Waals surface area contributed by atoms with E-state index in [1.807, 2.05) is 24.3 Å². The van der Waals surface area contributed by atoms with Crippen molar-refractivity contribution in [1.29, 1.82) is 0 Å². The standard InChI is InChI=1S/C20H23N3O4/c1-12-7-8-16-14(9-12)19(13-5-3-4-6-15(13)23-16)20(26)27-11-18(25)22-10-17(24)21-2/h3-6,12H,7-11H2,1-2H3,(H,21,24)(H,22,25)/t12-/m1/s1. The third kappa shape index (κ3) is 4.24. The second kappa shape index (κ2) is 8.16. The zero-order valence-electron chi connectivity index (χ0n) is 15.5. The number of aryl methyl sites for hydroxylation is 1. The molecule has 7 nitrogen and oxygen atoms in total. The van der Waals surface area contributed by atoms with Crippen molar-refractivity contribution in [3.8, 4) is 0 Å². The fraction of sp³-hybridized carbons (Fsp3) is 0.400. The molecule has 0 spiro atoms. The van der Waals surface area contributed by atoms with E-state index in [0.29, 0.717) is 11.5 Å². The lowest BCUT2D eigenvalue weighted by Gasteiger charge is -2.24. The quantitative estimate of drug-likeness (QED) is 0.776. The highest BCUT2D eigenvalue weighted by Gasteiger charge is 2.26. The third-order valence-electron chi connectivity index (χ3n) is 4.77. The highest BCUT2D eigenvalue weighted by Crippen LogP contribution is 2.31. The number of nitrogens with zero attached hydrogens (tertiary/aromatic N) is 1. The highest BCUT2D eigenvalue weighted by molar-refractivity contribution is 6.05. The van der Waals surface area contributed by atoms with Gasteiger partial charge in [-0.2, -0.15) is 0 Å². The molecule has 2 amide bonds. The molecule has 7 heteroatoms. The van der Waals surface area contributed by atoms with Gasteiger partial charge in [-0.3, -0.25) is 14.6 Å². The van der Waals surface area contributed by atoms with Crippen molar-refractivity contribution in [2.75, 3.05) is 20.2 Å². The molecule has 0 aliphatic heterocycles. The molecule has 0 fully saturated rings. The van der Waals surface area contributed by atoms with Crippen LogP contribution >= 0.6 is 0 Å². The summed E-state index contributed by atoms with van der Waals surface area (Å²) in [6.45, 7) is 1.56. The van der Waals surface area contributed by atoms with Crippen molar-refractivity contribution < 1.29 is 19.1 Å². The topological polar surface area (TPSA) is 97.4 Å². The minimum absolute atomic E-state index is 0.155. The molecular weight excluding hydrogens is 346 g/mol. The number of ether oxygens (including phenoxy) is 1. The van der Waals surface area contributed by atoms with Crippen molar-refractivity contribution in [1.82, 2.24) is 15.6 Å². The van der Waals surface area contributed by atoms with Crippen LogP contribution in [0.25, 0.3) is 10.9 Å². The summed E-state index contributed by atoms with van der Waals surface area (Å²) in [7, 11) is 1.48. The second-order valence-electron chi connectivity index (χ2n) is 6.80. The number of fused-ring (bicyclic) bond motifs is 2. The first-order valence-corrected chi connectivity index (χ1v) is 9.04. The van der Waals surface area contributed by atoms with Gasteiger partial charge in [0, 0.05) is 18.1 Å². The van der Waals surface area contributed by atoms with Gasteiger partial charge in [0.2, 0.25) is 5.91 Å². The average Bonchev–Trinajstić information content (AvgIpc) is 2.68. The molecular formula is C20H23N3O4. The normalized spacial score (nSPS) is 15.7. The van der Waals surface area contributed by atoms with E-state index in [0.717, 1.165) is 41.4 Å². The second-order valence-corrected chi connectivity index (χ2v) is 6.80. The minimum Gasteiger partial charge on any atom is -0.452 e. The van der Waals surface area contributed by atoms with Crippen molar-refractivity contribution >= 4 is 28.7 Å². The van der Waals surface area contributed by atoms with Gasteiger partial charge in [-0.1, -0.05) is 25.1 Å². The molecule has 0 bridgehead atoms. The zero-order chi connectivity index (χ0) is 19.4. The summed E-state index contributed by atoms with van der Waals surface area (Å²) in [6.07, 6.45) is 2.63. The van der Waals surface area contributed by atoms with Gasteiger partial charge in [0.05, 0.1) is 17.6 Å². The Bertz CT molecular complexity index is 894. The maximum absolute atomic E-state index is 12.8. The van der Waals surface area contributed by atoms with Gasteiger partial charge in [-0.15, -0.1) is 0 Å². The zero-order valence-corrected chi connectivity index (χ0v) is 15.5. The number of esters is 1. The Morgan fingerprint density at radius 2 is 2.00 bits per heavy atom. The van der Waals surface area contributed by atoms with Gasteiger partial charge in [-0.25, -0.2) is 4.79 Å². The molecule has 27 heavy (non-hydrogen) atoms. The molecule has 142 valence electrons. The van der Waals surface area contributed by atoms with E-state index in [9.17, 15) is 14.4 Å². The first kappa shape index (κ1) is 18.8. The van der Waals surface area contributed by atoms with Crippen molar-refractivity contribution in [2.24, 2.45) is 5.92 Å². The van der Waals surface area contributed by atoms with E-state index >= 15 is 0 Å². The number of hydrogen-bond donors (Lipinski definition) is 2. The Hall–Kier alpha value is -2.96. The van der Waals surface area contributed by atoms with E-state index < -0.39 is 18.5 Å². The largest absolute Gasteiger partial charge is 0.452 e. The molecule has 1 aromatic carbocycles. The first-order valence-electron chi connectivity index (χ1n) is 9.04. The number of pyridine rings is 1. The fourth-order valence-electron chi connectivity index (χ4n) is 3.32. The van der Waals surface area contributed by atoms with Gasteiger partial charge >= 0.3 is 5.97 Å². The Morgan fingerprint density at radius 1 is 1.22 bits per heavy atom. The summed E-state index contributed by atoms with van der Waals surface area (Å²) in [5, 5.41) is 5.54. The molecule has 0 saturated carbocycles. The van der Waals surface area contributed by atoms with Gasteiger partial charge in [0.25, 0.3) is 5.91 Å². The van der Waals surface area contributed by atoms with E-state index in [2.05, 4.69) is 17.6 Å². The minimum atomic E-state index is -0.533. The number of likely N-dealkylation sites (N-methyl/N-ethyl adjacent to an activating group) is 1. The smallest absolute Gasteiger partial charge is 0.339 e. The summed E-state index contributed by atoms with van der Waals surface area (Å²) in [4.78, 5) is 40.5. The van der Waals surface area contributed by atoms with Crippen LogP contribution in [0.2, 0.25) is 0 Å². The molecule has 2 N–H and O–H groups in total. The summed E-state index contributed by atoms with van der Waals surface area (Å²) < 4.78 is 5.25. The molecule has 1 aliphatic carbocycles. The van der Waals surface area contributed by atoms with E-state index in [1.165, 1.54) is 7.05 Å². The molecule has 0 unspecified atom stereocenters. The van der Waals surface area contributed by atoms with Crippen LogP contribution in [0.3, 0.4) is 0 Å². The molecule has 0 radical (unpaired) electrons. The predicted octanol–water partition coefficient (Wildman–Crippen LogP) is 1.38. The molecule has 1 heterocycles. The van der Waals surface area contributed by atoms with Crippen LogP contribution in [0.5, 0.6) is 0 Å². The van der Waals surface area contributed by atoms with E-state index in [1.54, 1.807) is 0 Å². The fourth-order valence-corrected chi connectivity index (χ4v) is 3.32. The Morgan fingerprint density at radius 3 is 2.78 bits per heavy atom. The Kier molecular flexibility index (Phi) is 5.69. The maximum atomic E-state index is 12.8. The lowest BCUT2D eigenvalue weighted by atomic mass is 9.84. The number of aromatic nitrogens is 1. The van der Waals surface area contributed by atoms with Crippen LogP contribution in [-0.2, 0) is 27.2 Å². The summed E-state index contributed by atoms with van der Waals surface area (Å²) in [5.41, 5.74) is 3.11. The SMILES string of the molecule is CNC(=O)CNC(=O)COC(=O)c1c2c(nc3ccccc13)CC[C@@H](C)C2. The molecule has 1 aliphatic rings. The lowest BCUT2D eigenvalue weighted by molar-refractivity contribution is -0.127. The van der Waals surface area contributed by atoms with Crippen LogP contribution in [0.4, 0.5) is 0 Å². The third-order valence-corrected chi connectivity index (χ3v) is 4.77. The number of para-hydroxylation sites is 1. The lowest BCUT2D eigenvalue weighted by Crippen LogP contribution is -2.37. The van der Waals surface area contributed by atoms with Crippen LogP contribution < -0.4 is 10.6 Å². The number of amides is 2. The van der Waals surface area contributed by atoms with E-state index in [-0.39, 0.29) is 12.5 Å². The van der Waals surface area contributed by atoms with Gasteiger partial charge < -0.3 is 15.4 Å². The number of carbonyl (C=O) groups excluding carboxylic acids is 3. The first-order chi connectivity index (χ1) is 13.0. The number of hydrogen-bond acceptors (Lipinski definition) is 5. The summed E-state index contributed by atoms with van der Waals surface area (Å²) in [5.74, 6) is -0.915. The van der Waals surface area contributed by atoms with Crippen LogP contribution in [-0.4, -0.2) is 43.0 Å². The predicted molar refractivity (Wildman–Crippen MR) is 100 cm³/mol. The summed E-state index contributed by atoms with van der Waals surface area (Å²) >= 11 is 0. The van der Waals surface area contributed by atoms with Gasteiger partial charge in [0.1, 0.15) is 0 Å². The average molecular weight is 369 g/mol.